The van der Waals surface area contributed by atoms with Gasteiger partial charge >= 0.3 is 0 Å². The summed E-state index contributed by atoms with van der Waals surface area (Å²) in [5.41, 5.74) is 1.25. The molecule has 2 saturated heterocycles. The van der Waals surface area contributed by atoms with Gasteiger partial charge in [0, 0.05) is 19.0 Å². The molecule has 4 heteroatoms. The number of β-amino-alcohol motifs (C(OH)–C–C–N with tert-alkyl or cyclic N) is 1. The second-order valence-electron chi connectivity index (χ2n) is 9.44. The van der Waals surface area contributed by atoms with Gasteiger partial charge in [-0.15, -0.1) is 0 Å². The van der Waals surface area contributed by atoms with Crippen molar-refractivity contribution in [3.05, 3.63) is 35.4 Å². The van der Waals surface area contributed by atoms with E-state index in [1.54, 1.807) is 0 Å². The predicted octanol–water partition coefficient (Wildman–Crippen LogP) is 3.85. The normalized spacial score (nSPS) is 28.0. The third kappa shape index (κ3) is 4.44. The van der Waals surface area contributed by atoms with E-state index in [1.165, 1.54) is 37.7 Å². The average molecular weight is 385 g/mol. The summed E-state index contributed by atoms with van der Waals surface area (Å²) in [6.07, 6.45) is 10.5. The minimum absolute atomic E-state index is 0.235. The molecule has 1 atom stereocenters. The lowest BCUT2D eigenvalue weighted by Gasteiger charge is -2.39. The van der Waals surface area contributed by atoms with Crippen LogP contribution in [-0.4, -0.2) is 53.0 Å². The number of aryl methyl sites for hydroxylation is 1. The SMILES string of the molecule is Cc1ccc(C2(O)CCN(C(=O)CC3CCN(C4CCCCC4)CC3)C2)cc1. The van der Waals surface area contributed by atoms with Crippen LogP contribution in [0, 0.1) is 12.8 Å². The third-order valence-corrected chi connectivity index (χ3v) is 7.39. The molecule has 1 N–H and O–H groups in total. The summed E-state index contributed by atoms with van der Waals surface area (Å²) in [4.78, 5) is 17.5. The van der Waals surface area contributed by atoms with E-state index in [0.29, 0.717) is 31.8 Å². The van der Waals surface area contributed by atoms with Crippen molar-refractivity contribution in [3.63, 3.8) is 0 Å². The maximum absolute atomic E-state index is 12.9. The van der Waals surface area contributed by atoms with E-state index < -0.39 is 5.60 Å². The molecule has 1 aromatic carbocycles. The van der Waals surface area contributed by atoms with Crippen molar-refractivity contribution in [2.75, 3.05) is 26.2 Å². The number of benzene rings is 1. The molecule has 0 aromatic heterocycles. The fourth-order valence-corrected chi connectivity index (χ4v) is 5.45. The smallest absolute Gasteiger partial charge is 0.222 e. The Hall–Kier alpha value is -1.39. The van der Waals surface area contributed by atoms with Crippen LogP contribution >= 0.6 is 0 Å². The molecular weight excluding hydrogens is 348 g/mol. The second-order valence-corrected chi connectivity index (χ2v) is 9.44. The van der Waals surface area contributed by atoms with Crippen molar-refractivity contribution in [2.45, 2.75) is 76.4 Å². The molecular formula is C24H36N2O2. The van der Waals surface area contributed by atoms with Gasteiger partial charge in [-0.1, -0.05) is 49.1 Å². The zero-order chi connectivity index (χ0) is 19.6. The van der Waals surface area contributed by atoms with E-state index in [-0.39, 0.29) is 5.91 Å². The van der Waals surface area contributed by atoms with Gasteiger partial charge in [0.1, 0.15) is 5.60 Å². The van der Waals surface area contributed by atoms with Crippen molar-refractivity contribution in [2.24, 2.45) is 5.92 Å². The molecule has 0 radical (unpaired) electrons. The fraction of sp³-hybridized carbons (Fsp3) is 0.708. The maximum atomic E-state index is 12.9. The van der Waals surface area contributed by atoms with Gasteiger partial charge in [-0.3, -0.25) is 4.79 Å². The van der Waals surface area contributed by atoms with Crippen LogP contribution in [0.3, 0.4) is 0 Å². The molecule has 1 aliphatic carbocycles. The van der Waals surface area contributed by atoms with Crippen LogP contribution in [-0.2, 0) is 10.4 Å². The molecule has 154 valence electrons. The summed E-state index contributed by atoms with van der Waals surface area (Å²) in [5.74, 6) is 0.750. The van der Waals surface area contributed by atoms with Crippen LogP contribution in [0.5, 0.6) is 0 Å². The first kappa shape index (κ1) is 19.9. The molecule has 3 fully saturated rings. The van der Waals surface area contributed by atoms with Crippen LogP contribution in [0.4, 0.5) is 0 Å². The van der Waals surface area contributed by atoms with Gasteiger partial charge in [0.15, 0.2) is 0 Å². The molecule has 1 saturated carbocycles. The lowest BCUT2D eigenvalue weighted by atomic mass is 9.88. The van der Waals surface area contributed by atoms with E-state index in [0.717, 1.165) is 37.5 Å². The summed E-state index contributed by atoms with van der Waals surface area (Å²) in [6.45, 7) is 5.49. The summed E-state index contributed by atoms with van der Waals surface area (Å²) < 4.78 is 0. The number of hydrogen-bond acceptors (Lipinski definition) is 3. The summed E-state index contributed by atoms with van der Waals surface area (Å²) in [7, 11) is 0. The Kier molecular flexibility index (Phi) is 6.07. The summed E-state index contributed by atoms with van der Waals surface area (Å²) in [5, 5.41) is 11.1. The number of likely N-dealkylation sites (tertiary alicyclic amines) is 2. The fourth-order valence-electron chi connectivity index (χ4n) is 5.45. The zero-order valence-electron chi connectivity index (χ0n) is 17.4. The number of carbonyl (C=O) groups excluding carboxylic acids is 1. The number of carbonyl (C=O) groups is 1. The summed E-state index contributed by atoms with van der Waals surface area (Å²) in [6, 6.07) is 8.89. The van der Waals surface area contributed by atoms with Gasteiger partial charge in [-0.25, -0.2) is 0 Å². The number of piperidine rings is 1. The minimum Gasteiger partial charge on any atom is -0.383 e. The minimum atomic E-state index is -0.881. The van der Waals surface area contributed by atoms with Gasteiger partial charge in [0.25, 0.3) is 0 Å². The second kappa shape index (κ2) is 8.54. The van der Waals surface area contributed by atoms with Crippen LogP contribution in [0.2, 0.25) is 0 Å². The molecule has 1 aromatic rings. The molecule has 1 unspecified atom stereocenters. The van der Waals surface area contributed by atoms with Crippen molar-refractivity contribution in [1.82, 2.24) is 9.80 Å². The van der Waals surface area contributed by atoms with Crippen molar-refractivity contribution < 1.29 is 9.90 Å². The van der Waals surface area contributed by atoms with Crippen LogP contribution in [0.1, 0.15) is 68.9 Å². The van der Waals surface area contributed by atoms with E-state index in [9.17, 15) is 9.90 Å². The maximum Gasteiger partial charge on any atom is 0.222 e. The lowest BCUT2D eigenvalue weighted by Crippen LogP contribution is -2.43. The highest BCUT2D eigenvalue weighted by molar-refractivity contribution is 5.77. The first-order valence-electron chi connectivity index (χ1n) is 11.3. The van der Waals surface area contributed by atoms with E-state index >= 15 is 0 Å². The zero-order valence-corrected chi connectivity index (χ0v) is 17.4. The standard InChI is InChI=1S/C24H36N2O2/c1-19-7-9-21(10-8-19)24(28)13-16-26(18-24)23(27)17-20-11-14-25(15-12-20)22-5-3-2-4-6-22/h7-10,20,22,28H,2-6,11-18H2,1H3. The molecule has 4 nitrogen and oxygen atoms in total. The molecule has 0 spiro atoms. The third-order valence-electron chi connectivity index (χ3n) is 7.39. The van der Waals surface area contributed by atoms with Gasteiger partial charge in [-0.2, -0.15) is 0 Å². The number of nitrogens with zero attached hydrogens (tertiary/aromatic N) is 2. The predicted molar refractivity (Wildman–Crippen MR) is 112 cm³/mol. The molecule has 4 rings (SSSR count). The number of hydrogen-bond donors (Lipinski definition) is 1. The Balaban J connectivity index is 1.26. The number of aliphatic hydroxyl groups is 1. The number of rotatable bonds is 4. The van der Waals surface area contributed by atoms with Crippen molar-refractivity contribution >= 4 is 5.91 Å². The first-order valence-corrected chi connectivity index (χ1v) is 11.3. The Bertz CT molecular complexity index is 660. The molecule has 2 heterocycles. The van der Waals surface area contributed by atoms with E-state index in [4.69, 9.17) is 0 Å². The highest BCUT2D eigenvalue weighted by atomic mass is 16.3. The highest BCUT2D eigenvalue weighted by Gasteiger charge is 2.40. The van der Waals surface area contributed by atoms with Gasteiger partial charge in [0.05, 0.1) is 6.54 Å². The van der Waals surface area contributed by atoms with Crippen LogP contribution < -0.4 is 0 Å². The van der Waals surface area contributed by atoms with Crippen LogP contribution in [0.15, 0.2) is 24.3 Å². The monoisotopic (exact) mass is 384 g/mol. The first-order chi connectivity index (χ1) is 13.5. The molecule has 1 amide bonds. The molecule has 0 bridgehead atoms. The number of amides is 1. The highest BCUT2D eigenvalue weighted by Crippen LogP contribution is 2.34. The van der Waals surface area contributed by atoms with Gasteiger partial charge in [0.2, 0.25) is 5.91 Å². The quantitative estimate of drug-likeness (QED) is 0.857. The Labute approximate surface area is 169 Å². The topological polar surface area (TPSA) is 43.8 Å². The van der Waals surface area contributed by atoms with Crippen LogP contribution in [0.25, 0.3) is 0 Å². The van der Waals surface area contributed by atoms with Gasteiger partial charge in [-0.05, 0) is 63.6 Å². The Morgan fingerprint density at radius 2 is 1.71 bits per heavy atom. The van der Waals surface area contributed by atoms with Crippen molar-refractivity contribution in [3.8, 4) is 0 Å². The average Bonchev–Trinajstić information content (AvgIpc) is 3.13. The largest absolute Gasteiger partial charge is 0.383 e. The summed E-state index contributed by atoms with van der Waals surface area (Å²) >= 11 is 0. The van der Waals surface area contributed by atoms with E-state index in [2.05, 4.69) is 11.8 Å². The molecule has 2 aliphatic heterocycles. The Morgan fingerprint density at radius 1 is 1.04 bits per heavy atom. The molecule has 3 aliphatic rings. The molecule has 28 heavy (non-hydrogen) atoms. The van der Waals surface area contributed by atoms with Gasteiger partial charge < -0.3 is 14.9 Å². The Morgan fingerprint density at radius 3 is 2.39 bits per heavy atom. The van der Waals surface area contributed by atoms with Crippen molar-refractivity contribution in [1.29, 1.82) is 0 Å². The lowest BCUT2D eigenvalue weighted by molar-refractivity contribution is -0.132. The van der Waals surface area contributed by atoms with E-state index in [1.807, 2.05) is 29.2 Å².